The third-order valence-electron chi connectivity index (χ3n) is 7.07. The second-order valence-corrected chi connectivity index (χ2v) is 9.93. The van der Waals surface area contributed by atoms with E-state index in [1.54, 1.807) is 18.3 Å². The lowest BCUT2D eigenvalue weighted by Gasteiger charge is -2.28. The minimum atomic E-state index is -0.257. The van der Waals surface area contributed by atoms with E-state index in [-0.39, 0.29) is 17.9 Å². The van der Waals surface area contributed by atoms with Crippen LogP contribution in [-0.4, -0.2) is 14.7 Å². The topological polar surface area (TPSA) is 42.3 Å². The van der Waals surface area contributed by atoms with Crippen LogP contribution in [0.25, 0.3) is 5.69 Å². The molecule has 0 radical (unpaired) electrons. The average Bonchev–Trinajstić information content (AvgIpc) is 3.45. The molecule has 39 heavy (non-hydrogen) atoms. The van der Waals surface area contributed by atoms with Gasteiger partial charge in [0.05, 0.1) is 17.8 Å². The van der Waals surface area contributed by atoms with Gasteiger partial charge >= 0.3 is 0 Å². The van der Waals surface area contributed by atoms with Crippen molar-refractivity contribution >= 4 is 23.0 Å². The van der Waals surface area contributed by atoms with E-state index in [9.17, 15) is 4.39 Å². The van der Waals surface area contributed by atoms with Gasteiger partial charge in [-0.2, -0.15) is 0 Å². The number of hydrogen-bond donors (Lipinski definition) is 1. The van der Waals surface area contributed by atoms with Crippen LogP contribution in [0.1, 0.15) is 34.7 Å². The second kappa shape index (κ2) is 10.3. The fraction of sp³-hybridized carbons (Fsp3) is 0.125. The summed E-state index contributed by atoms with van der Waals surface area (Å²) in [7, 11) is 0. The Kier molecular flexibility index (Phi) is 6.59. The molecule has 2 aromatic heterocycles. The van der Waals surface area contributed by atoms with E-state index in [2.05, 4.69) is 39.7 Å². The Hall–Kier alpha value is -4.49. The third kappa shape index (κ3) is 4.77. The summed E-state index contributed by atoms with van der Waals surface area (Å²) in [5, 5.41) is 4.15. The van der Waals surface area contributed by atoms with Crippen molar-refractivity contribution in [2.75, 3.05) is 4.90 Å². The highest BCUT2D eigenvalue weighted by Crippen LogP contribution is 2.44. The number of rotatable bonds is 6. The zero-order valence-corrected chi connectivity index (χ0v) is 22.4. The van der Waals surface area contributed by atoms with Gasteiger partial charge in [-0.3, -0.25) is 4.98 Å². The van der Waals surface area contributed by atoms with Gasteiger partial charge in [0, 0.05) is 29.0 Å². The van der Waals surface area contributed by atoms with Crippen molar-refractivity contribution in [1.29, 1.82) is 0 Å². The molecule has 2 atom stereocenters. The number of para-hydroxylation sites is 1. The van der Waals surface area contributed by atoms with Gasteiger partial charge in [0.2, 0.25) is 0 Å². The Morgan fingerprint density at radius 3 is 2.18 bits per heavy atom. The molecule has 0 unspecified atom stereocenters. The number of nitrogens with one attached hydrogen (secondary N) is 1. The van der Waals surface area contributed by atoms with Crippen molar-refractivity contribution < 1.29 is 9.13 Å². The molecule has 0 amide bonds. The van der Waals surface area contributed by atoms with Crippen LogP contribution in [-0.2, 0) is 0 Å². The normalized spacial score (nSPS) is 16.8. The van der Waals surface area contributed by atoms with E-state index in [1.807, 2.05) is 72.8 Å². The molecule has 194 valence electrons. The molecule has 0 bridgehead atoms. The van der Waals surface area contributed by atoms with E-state index in [4.69, 9.17) is 17.0 Å². The quantitative estimate of drug-likeness (QED) is 0.227. The molecule has 3 heterocycles. The van der Waals surface area contributed by atoms with Crippen LogP contribution in [0.5, 0.6) is 11.5 Å². The minimum Gasteiger partial charge on any atom is -0.457 e. The summed E-state index contributed by atoms with van der Waals surface area (Å²) in [6.07, 6.45) is 1.80. The molecule has 1 saturated heterocycles. The molecule has 3 aromatic carbocycles. The highest BCUT2D eigenvalue weighted by molar-refractivity contribution is 7.80. The molecule has 0 saturated carbocycles. The fourth-order valence-electron chi connectivity index (χ4n) is 5.32. The lowest BCUT2D eigenvalue weighted by molar-refractivity contribution is 0.482. The van der Waals surface area contributed by atoms with Gasteiger partial charge in [0.1, 0.15) is 17.3 Å². The largest absolute Gasteiger partial charge is 0.457 e. The van der Waals surface area contributed by atoms with Gasteiger partial charge in [-0.05, 0) is 110 Å². The standard InChI is InChI=1S/C32H27FN4OS/c1-21-20-28(22(2)36(21)24-13-11-23(33)12-14-24)31-30(29-10-6-7-19-34-29)35-32(39)37(31)25-15-17-27(18-16-25)38-26-8-4-3-5-9-26/h3-20,30-31H,1-2H3,(H,35,39)/t30-,31-/m1/s1. The zero-order chi connectivity index (χ0) is 26.9. The predicted molar refractivity (Wildman–Crippen MR) is 156 cm³/mol. The zero-order valence-electron chi connectivity index (χ0n) is 21.6. The molecule has 0 spiro atoms. The lowest BCUT2D eigenvalue weighted by Crippen LogP contribution is -2.29. The van der Waals surface area contributed by atoms with Crippen LogP contribution in [0.3, 0.4) is 0 Å². The highest BCUT2D eigenvalue weighted by atomic mass is 32.1. The first-order valence-electron chi connectivity index (χ1n) is 12.8. The van der Waals surface area contributed by atoms with Crippen LogP contribution in [0.2, 0.25) is 0 Å². The molecule has 1 N–H and O–H groups in total. The van der Waals surface area contributed by atoms with E-state index < -0.39 is 0 Å². The molecule has 1 aliphatic heterocycles. The van der Waals surface area contributed by atoms with Gasteiger partial charge < -0.3 is 19.5 Å². The minimum absolute atomic E-state index is 0.159. The van der Waals surface area contributed by atoms with Crippen molar-refractivity contribution in [2.45, 2.75) is 25.9 Å². The van der Waals surface area contributed by atoms with Gasteiger partial charge in [0.25, 0.3) is 0 Å². The number of benzene rings is 3. The van der Waals surface area contributed by atoms with Crippen molar-refractivity contribution in [3.05, 3.63) is 138 Å². The Labute approximate surface area is 232 Å². The van der Waals surface area contributed by atoms with Crippen molar-refractivity contribution in [1.82, 2.24) is 14.9 Å². The smallest absolute Gasteiger partial charge is 0.174 e. The second-order valence-electron chi connectivity index (χ2n) is 9.54. The van der Waals surface area contributed by atoms with E-state index >= 15 is 0 Å². The molecule has 7 heteroatoms. The maximum absolute atomic E-state index is 13.7. The van der Waals surface area contributed by atoms with E-state index in [0.29, 0.717) is 5.11 Å². The molecule has 6 rings (SSSR count). The molecule has 5 nitrogen and oxygen atoms in total. The van der Waals surface area contributed by atoms with Crippen LogP contribution >= 0.6 is 12.2 Å². The monoisotopic (exact) mass is 534 g/mol. The SMILES string of the molecule is Cc1cc([C@@H]2[C@@H](c3ccccn3)NC(=S)N2c2ccc(Oc3ccccc3)cc2)c(C)n1-c1ccc(F)cc1. The number of aryl methyl sites for hydroxylation is 1. The number of aromatic nitrogens is 2. The first-order chi connectivity index (χ1) is 19.0. The number of pyridine rings is 1. The summed E-state index contributed by atoms with van der Waals surface area (Å²) in [4.78, 5) is 6.82. The lowest BCUT2D eigenvalue weighted by atomic mass is 9.96. The van der Waals surface area contributed by atoms with Crippen molar-refractivity contribution in [2.24, 2.45) is 0 Å². The predicted octanol–water partition coefficient (Wildman–Crippen LogP) is 7.60. The van der Waals surface area contributed by atoms with Crippen LogP contribution in [0, 0.1) is 19.7 Å². The summed E-state index contributed by atoms with van der Waals surface area (Å²) in [6, 6.07) is 32.0. The number of nitrogens with zero attached hydrogens (tertiary/aromatic N) is 3. The number of ether oxygens (including phenoxy) is 1. The first kappa shape index (κ1) is 24.8. The summed E-state index contributed by atoms with van der Waals surface area (Å²) < 4.78 is 21.8. The van der Waals surface area contributed by atoms with Crippen LogP contribution in [0.4, 0.5) is 10.1 Å². The number of anilines is 1. The molecular formula is C32H27FN4OS. The first-order valence-corrected chi connectivity index (χ1v) is 13.2. The van der Waals surface area contributed by atoms with Crippen LogP contribution < -0.4 is 15.0 Å². The molecule has 1 aliphatic rings. The van der Waals surface area contributed by atoms with Gasteiger partial charge in [-0.25, -0.2) is 4.39 Å². The third-order valence-corrected chi connectivity index (χ3v) is 7.38. The van der Waals surface area contributed by atoms with E-state index in [1.165, 1.54) is 12.1 Å². The van der Waals surface area contributed by atoms with Crippen molar-refractivity contribution in [3.8, 4) is 17.2 Å². The Morgan fingerprint density at radius 1 is 0.821 bits per heavy atom. The average molecular weight is 535 g/mol. The summed E-state index contributed by atoms with van der Waals surface area (Å²) in [6.45, 7) is 4.16. The summed E-state index contributed by atoms with van der Waals surface area (Å²) in [5.41, 5.74) is 5.99. The molecular weight excluding hydrogens is 507 g/mol. The summed E-state index contributed by atoms with van der Waals surface area (Å²) in [5.74, 6) is 1.27. The Morgan fingerprint density at radius 2 is 1.49 bits per heavy atom. The van der Waals surface area contributed by atoms with Crippen molar-refractivity contribution in [3.63, 3.8) is 0 Å². The Balaban J connectivity index is 1.41. The fourth-order valence-corrected chi connectivity index (χ4v) is 5.67. The van der Waals surface area contributed by atoms with Gasteiger partial charge in [-0.15, -0.1) is 0 Å². The van der Waals surface area contributed by atoms with Gasteiger partial charge in [-0.1, -0.05) is 24.3 Å². The number of halogens is 1. The van der Waals surface area contributed by atoms with E-state index in [0.717, 1.165) is 45.5 Å². The molecule has 0 aliphatic carbocycles. The number of thiocarbonyl (C=S) groups is 1. The molecule has 5 aromatic rings. The van der Waals surface area contributed by atoms with Crippen LogP contribution in [0.15, 0.2) is 109 Å². The number of hydrogen-bond acceptors (Lipinski definition) is 3. The summed E-state index contributed by atoms with van der Waals surface area (Å²) >= 11 is 5.91. The molecule has 1 fully saturated rings. The van der Waals surface area contributed by atoms with Gasteiger partial charge in [0.15, 0.2) is 5.11 Å². The maximum Gasteiger partial charge on any atom is 0.174 e. The maximum atomic E-state index is 13.7. The highest BCUT2D eigenvalue weighted by Gasteiger charge is 2.42. The Bertz CT molecular complexity index is 1600.